The highest BCUT2D eigenvalue weighted by Gasteiger charge is 2.58. The van der Waals surface area contributed by atoms with Crippen LogP contribution < -0.4 is 10.6 Å². The van der Waals surface area contributed by atoms with E-state index in [4.69, 9.17) is 28.4 Å². The molecule has 0 N–H and O–H groups in total. The number of fused-ring (bicyclic) bond motifs is 2. The first-order chi connectivity index (χ1) is 19.8. The Morgan fingerprint density at radius 3 is 1.40 bits per heavy atom. The third-order valence-corrected chi connectivity index (χ3v) is 16.3. The van der Waals surface area contributed by atoms with Gasteiger partial charge < -0.3 is 28.4 Å². The van der Waals surface area contributed by atoms with E-state index in [2.05, 4.69) is 71.0 Å². The van der Waals surface area contributed by atoms with Gasteiger partial charge in [-0.15, -0.1) is 0 Å². The summed E-state index contributed by atoms with van der Waals surface area (Å²) in [7, 11) is 2.26. The Bertz CT molecular complexity index is 1290. The van der Waals surface area contributed by atoms with E-state index >= 15 is 0 Å². The van der Waals surface area contributed by atoms with E-state index < -0.39 is 33.7 Å². The normalized spacial score (nSPS) is 38.3. The number of benzene rings is 2. The Morgan fingerprint density at radius 1 is 0.619 bits per heavy atom. The van der Waals surface area contributed by atoms with Gasteiger partial charge in [-0.1, -0.05) is 79.9 Å². The van der Waals surface area contributed by atoms with Crippen LogP contribution in [-0.2, 0) is 28.4 Å². The summed E-state index contributed by atoms with van der Waals surface area (Å²) in [5.41, 5.74) is 6.40. The topological polar surface area (TPSA) is 55.4 Å². The van der Waals surface area contributed by atoms with Crippen molar-refractivity contribution >= 4 is 26.5 Å². The monoisotopic (exact) mass is 614 g/mol. The lowest BCUT2D eigenvalue weighted by Gasteiger charge is -2.34. The van der Waals surface area contributed by atoms with E-state index in [0.717, 1.165) is 5.56 Å². The lowest BCUT2D eigenvalue weighted by atomic mass is 9.95. The molecule has 0 aliphatic carbocycles. The maximum atomic E-state index is 6.51. The Labute approximate surface area is 254 Å². The van der Waals surface area contributed by atoms with Crippen molar-refractivity contribution in [2.24, 2.45) is 0 Å². The fourth-order valence-electron chi connectivity index (χ4n) is 8.16. The van der Waals surface area contributed by atoms with Crippen LogP contribution in [0.5, 0.6) is 0 Å². The van der Waals surface area contributed by atoms with E-state index in [1.54, 1.807) is 14.2 Å². The van der Waals surface area contributed by atoms with E-state index in [9.17, 15) is 0 Å². The maximum absolute atomic E-state index is 6.51. The number of hydrogen-bond acceptors (Lipinski definition) is 6. The summed E-state index contributed by atoms with van der Waals surface area (Å²) in [6.45, 7) is 19.9. The van der Waals surface area contributed by atoms with Crippen LogP contribution in [0.25, 0.3) is 11.1 Å². The van der Waals surface area contributed by atoms with Gasteiger partial charge in [-0.2, -0.15) is 0 Å². The van der Waals surface area contributed by atoms with E-state index in [1.807, 2.05) is 27.7 Å². The highest BCUT2D eigenvalue weighted by atomic mass is 31.1. The van der Waals surface area contributed by atoms with Crippen LogP contribution >= 0.6 is 15.8 Å². The smallest absolute Gasteiger partial charge is 0.183 e. The molecule has 8 atom stereocenters. The van der Waals surface area contributed by atoms with E-state index in [0.29, 0.717) is 22.6 Å². The number of methoxy groups -OCH3 is 2. The molecular formula is C34H48O6P2. The first kappa shape index (κ1) is 31.1. The minimum Gasteiger partial charge on any atom is -0.352 e. The summed E-state index contributed by atoms with van der Waals surface area (Å²) in [4.78, 5) is 0. The van der Waals surface area contributed by atoms with Gasteiger partial charge >= 0.3 is 0 Å². The van der Waals surface area contributed by atoms with Crippen molar-refractivity contribution in [1.82, 2.24) is 0 Å². The zero-order valence-electron chi connectivity index (χ0n) is 27.0. The first-order valence-corrected chi connectivity index (χ1v) is 18.3. The van der Waals surface area contributed by atoms with Gasteiger partial charge in [-0.3, -0.25) is 0 Å². The fraction of sp³-hybridized carbons (Fsp3) is 0.647. The largest absolute Gasteiger partial charge is 0.352 e. The molecule has 2 aromatic rings. The predicted octanol–water partition coefficient (Wildman–Crippen LogP) is 6.79. The molecular weight excluding hydrogens is 566 g/mol. The van der Waals surface area contributed by atoms with Crippen molar-refractivity contribution < 1.29 is 28.4 Å². The number of hydrogen-bond donors (Lipinski definition) is 0. The van der Waals surface area contributed by atoms with Gasteiger partial charge in [-0.25, -0.2) is 0 Å². The zero-order valence-corrected chi connectivity index (χ0v) is 28.8. The molecule has 0 spiro atoms. The van der Waals surface area contributed by atoms with Crippen molar-refractivity contribution in [3.05, 3.63) is 47.5 Å². The second-order valence-corrected chi connectivity index (χ2v) is 19.3. The molecule has 0 bridgehead atoms. The standard InChI is InChI=1S/C34H48O6P2/c1-18-14-12-16-24(41-19(2)28-29(20(41)3)38-33(6,7)37-28)26(18)27-23(32(35-10)36-11)15-13-17-25(27)42-21(4)30-31(22(42)5)40-34(8,9)39-30/h12-17,19-22,28-32H,1-11H3/t19-,20-,21-,22-,28?,29?,30?,31?,41?,42?/m0/s1. The van der Waals surface area contributed by atoms with Gasteiger partial charge in [0.1, 0.15) is 0 Å². The summed E-state index contributed by atoms with van der Waals surface area (Å²) in [6.07, 6.45) is -0.0892. The molecule has 0 saturated carbocycles. The minimum absolute atomic E-state index is 0.0888. The van der Waals surface area contributed by atoms with Crippen LogP contribution in [0.1, 0.15) is 72.8 Å². The van der Waals surface area contributed by atoms with Crippen molar-refractivity contribution in [2.75, 3.05) is 14.2 Å². The van der Waals surface area contributed by atoms with Gasteiger partial charge in [0.2, 0.25) is 0 Å². The molecule has 230 valence electrons. The molecule has 8 heteroatoms. The summed E-state index contributed by atoms with van der Waals surface area (Å²) < 4.78 is 37.9. The average Bonchev–Trinajstić information content (AvgIpc) is 3.57. The molecule has 6 rings (SSSR count). The zero-order chi connectivity index (χ0) is 30.3. The molecule has 0 radical (unpaired) electrons. The van der Waals surface area contributed by atoms with Gasteiger partial charge in [0.15, 0.2) is 17.9 Å². The second kappa shape index (κ2) is 11.1. The molecule has 4 heterocycles. The van der Waals surface area contributed by atoms with Gasteiger partial charge in [0.05, 0.1) is 24.4 Å². The fourth-order valence-corrected chi connectivity index (χ4v) is 15.2. The summed E-state index contributed by atoms with van der Waals surface area (Å²) in [5.74, 6) is -1.08. The maximum Gasteiger partial charge on any atom is 0.183 e. The first-order valence-electron chi connectivity index (χ1n) is 15.4. The van der Waals surface area contributed by atoms with Crippen molar-refractivity contribution in [2.45, 2.75) is 127 Å². The van der Waals surface area contributed by atoms with Crippen LogP contribution in [0.2, 0.25) is 0 Å². The van der Waals surface area contributed by atoms with Crippen molar-refractivity contribution in [1.29, 1.82) is 0 Å². The lowest BCUT2D eigenvalue weighted by Crippen LogP contribution is -2.29. The quantitative estimate of drug-likeness (QED) is 0.264. The van der Waals surface area contributed by atoms with Crippen LogP contribution in [0.15, 0.2) is 36.4 Å². The molecule has 4 aliphatic rings. The van der Waals surface area contributed by atoms with Gasteiger partial charge in [0, 0.05) is 42.4 Å². The van der Waals surface area contributed by atoms with Crippen LogP contribution in [0.4, 0.5) is 0 Å². The van der Waals surface area contributed by atoms with E-state index in [1.165, 1.54) is 27.3 Å². The molecule has 2 aromatic carbocycles. The Kier molecular flexibility index (Phi) is 8.24. The Hall–Kier alpha value is -0.940. The molecule has 4 saturated heterocycles. The summed E-state index contributed by atoms with van der Waals surface area (Å²) >= 11 is 0. The third-order valence-electron chi connectivity index (χ3n) is 9.80. The number of rotatable bonds is 6. The van der Waals surface area contributed by atoms with E-state index in [-0.39, 0.29) is 24.4 Å². The summed E-state index contributed by atoms with van der Waals surface area (Å²) in [5, 5.41) is 2.81. The molecule has 42 heavy (non-hydrogen) atoms. The minimum atomic E-state index is -0.617. The van der Waals surface area contributed by atoms with Crippen LogP contribution in [-0.4, -0.2) is 72.8 Å². The molecule has 4 unspecified atom stereocenters. The van der Waals surface area contributed by atoms with Gasteiger partial charge in [0.25, 0.3) is 0 Å². The highest BCUT2D eigenvalue weighted by molar-refractivity contribution is 7.68. The lowest BCUT2D eigenvalue weighted by molar-refractivity contribution is -0.147. The van der Waals surface area contributed by atoms with Crippen molar-refractivity contribution in [3.8, 4) is 11.1 Å². The number of aryl methyl sites for hydroxylation is 1. The Balaban J connectivity index is 1.52. The molecule has 6 nitrogen and oxygen atoms in total. The van der Waals surface area contributed by atoms with Gasteiger partial charge in [-0.05, 0) is 61.9 Å². The Morgan fingerprint density at radius 2 is 1.00 bits per heavy atom. The van der Waals surface area contributed by atoms with Crippen molar-refractivity contribution in [3.63, 3.8) is 0 Å². The highest BCUT2D eigenvalue weighted by Crippen LogP contribution is 2.63. The van der Waals surface area contributed by atoms with Crippen LogP contribution in [0.3, 0.4) is 0 Å². The SMILES string of the molecule is COC(OC)c1cccc(P2[C@@H](C)C3OC(C)(C)OC3[C@@H]2C)c1-c1c(C)cccc1P1[C@@H](C)C2OC(C)(C)OC2[C@@H]1C. The summed E-state index contributed by atoms with van der Waals surface area (Å²) in [6, 6.07) is 13.6. The van der Waals surface area contributed by atoms with Crippen LogP contribution in [0, 0.1) is 6.92 Å². The molecule has 0 amide bonds. The third kappa shape index (κ3) is 4.94. The predicted molar refractivity (Wildman–Crippen MR) is 172 cm³/mol. The average molecular weight is 615 g/mol. The molecule has 4 fully saturated rings. The molecule has 0 aromatic heterocycles. The molecule has 4 aliphatic heterocycles. The second-order valence-electron chi connectivity index (χ2n) is 13.4. The number of ether oxygens (including phenoxy) is 6.